The van der Waals surface area contributed by atoms with E-state index in [0.29, 0.717) is 18.7 Å². The molecule has 2 aromatic rings. The summed E-state index contributed by atoms with van der Waals surface area (Å²) >= 11 is 0. The van der Waals surface area contributed by atoms with Crippen LogP contribution >= 0.6 is 0 Å². The van der Waals surface area contributed by atoms with Crippen LogP contribution < -0.4 is 10.9 Å². The molecule has 2 aliphatic rings. The number of aromatic nitrogens is 1. The van der Waals surface area contributed by atoms with Crippen molar-refractivity contribution < 1.29 is 9.53 Å². The number of carbonyl (C=O) groups excluding carboxylic acids is 1. The van der Waals surface area contributed by atoms with Crippen molar-refractivity contribution in [2.45, 2.75) is 77.0 Å². The number of rotatable bonds is 6. The number of hydrogen-bond donors (Lipinski definition) is 2. The summed E-state index contributed by atoms with van der Waals surface area (Å²) in [6, 6.07) is 8.20. The fraction of sp³-hybridized carbons (Fsp3) is 0.583. The van der Waals surface area contributed by atoms with Gasteiger partial charge in [0.2, 0.25) is 0 Å². The number of H-pyrrole nitrogens is 1. The zero-order valence-corrected chi connectivity index (χ0v) is 17.9. The lowest BCUT2D eigenvalue weighted by molar-refractivity contribution is 0.0784. The van der Waals surface area contributed by atoms with Crippen molar-refractivity contribution in [1.29, 1.82) is 0 Å². The number of ether oxygens (including phenoxy) is 1. The number of carbonyl (C=O) groups is 1. The normalized spacial score (nSPS) is 19.8. The first-order valence-corrected chi connectivity index (χ1v) is 11.4. The van der Waals surface area contributed by atoms with Gasteiger partial charge in [0.1, 0.15) is 0 Å². The molecule has 1 aliphatic heterocycles. The predicted molar refractivity (Wildman–Crippen MR) is 119 cm³/mol. The predicted octanol–water partition coefficient (Wildman–Crippen LogP) is 4.11. The number of urea groups is 1. The molecule has 6 heteroatoms. The van der Waals surface area contributed by atoms with Crippen molar-refractivity contribution in [3.63, 3.8) is 0 Å². The standard InChI is InChI=1S/C24H33N3O3/c1-2-17-10-11-22-18(13-17)14-19(23(28)26-22)15-27(16-21-9-6-12-30-21)24(29)25-20-7-4-3-5-8-20/h10-11,13-14,20-21H,2-9,12,15-16H2,1H3,(H,25,29)(H,26,28). The summed E-state index contributed by atoms with van der Waals surface area (Å²) in [6.45, 7) is 3.68. The second kappa shape index (κ2) is 9.65. The number of benzene rings is 1. The summed E-state index contributed by atoms with van der Waals surface area (Å²) in [4.78, 5) is 30.6. The molecule has 1 aromatic heterocycles. The molecule has 2 heterocycles. The van der Waals surface area contributed by atoms with Gasteiger partial charge in [-0.1, -0.05) is 32.3 Å². The van der Waals surface area contributed by atoms with Crippen LogP contribution in [0, 0.1) is 0 Å². The quantitative estimate of drug-likeness (QED) is 0.751. The van der Waals surface area contributed by atoms with Gasteiger partial charge in [-0.3, -0.25) is 4.79 Å². The summed E-state index contributed by atoms with van der Waals surface area (Å²) in [6.07, 6.45) is 8.64. The van der Waals surface area contributed by atoms with E-state index in [0.717, 1.165) is 49.6 Å². The third kappa shape index (κ3) is 5.04. The molecule has 6 nitrogen and oxygen atoms in total. The third-order valence-electron chi connectivity index (χ3n) is 6.42. The highest BCUT2D eigenvalue weighted by molar-refractivity contribution is 5.80. The molecular weight excluding hydrogens is 378 g/mol. The van der Waals surface area contributed by atoms with Gasteiger partial charge in [-0.15, -0.1) is 0 Å². The van der Waals surface area contributed by atoms with E-state index in [1.807, 2.05) is 18.2 Å². The van der Waals surface area contributed by atoms with Gasteiger partial charge in [0.25, 0.3) is 5.56 Å². The molecular formula is C24H33N3O3. The number of pyridine rings is 1. The molecule has 0 spiro atoms. The fourth-order valence-electron chi connectivity index (χ4n) is 4.61. The first-order chi connectivity index (χ1) is 14.6. The molecule has 0 radical (unpaired) electrons. The van der Waals surface area contributed by atoms with Crippen LogP contribution in [0.5, 0.6) is 0 Å². The van der Waals surface area contributed by atoms with E-state index in [9.17, 15) is 9.59 Å². The molecule has 1 aliphatic carbocycles. The average molecular weight is 412 g/mol. The highest BCUT2D eigenvalue weighted by Crippen LogP contribution is 2.20. The fourth-order valence-corrected chi connectivity index (χ4v) is 4.61. The van der Waals surface area contributed by atoms with E-state index in [-0.39, 0.29) is 23.7 Å². The molecule has 0 bridgehead atoms. The smallest absolute Gasteiger partial charge is 0.318 e. The van der Waals surface area contributed by atoms with Crippen LogP contribution in [-0.4, -0.2) is 41.2 Å². The zero-order chi connectivity index (χ0) is 20.9. The molecule has 2 fully saturated rings. The largest absolute Gasteiger partial charge is 0.376 e. The monoisotopic (exact) mass is 411 g/mol. The lowest BCUT2D eigenvalue weighted by Crippen LogP contribution is -2.48. The van der Waals surface area contributed by atoms with Gasteiger partial charge < -0.3 is 19.9 Å². The number of fused-ring (bicyclic) bond motifs is 1. The molecule has 2 amide bonds. The van der Waals surface area contributed by atoms with E-state index in [4.69, 9.17) is 4.74 Å². The van der Waals surface area contributed by atoms with Crippen molar-refractivity contribution in [2.75, 3.05) is 13.2 Å². The summed E-state index contributed by atoms with van der Waals surface area (Å²) in [5, 5.41) is 4.22. The van der Waals surface area contributed by atoms with E-state index in [1.54, 1.807) is 4.90 Å². The van der Waals surface area contributed by atoms with Crippen LogP contribution in [0.15, 0.2) is 29.1 Å². The molecule has 4 rings (SSSR count). The number of nitrogens with zero attached hydrogens (tertiary/aromatic N) is 1. The summed E-state index contributed by atoms with van der Waals surface area (Å²) < 4.78 is 5.78. The maximum atomic E-state index is 13.1. The first-order valence-electron chi connectivity index (χ1n) is 11.4. The number of amides is 2. The van der Waals surface area contributed by atoms with Gasteiger partial charge in [-0.25, -0.2) is 4.79 Å². The summed E-state index contributed by atoms with van der Waals surface area (Å²) in [7, 11) is 0. The van der Waals surface area contributed by atoms with Gasteiger partial charge in [0.05, 0.1) is 12.6 Å². The van der Waals surface area contributed by atoms with Crippen LogP contribution in [0.4, 0.5) is 4.79 Å². The van der Waals surface area contributed by atoms with Crippen LogP contribution in [0.2, 0.25) is 0 Å². The van der Waals surface area contributed by atoms with E-state index in [2.05, 4.69) is 23.3 Å². The highest BCUT2D eigenvalue weighted by atomic mass is 16.5. The Hall–Kier alpha value is -2.34. The van der Waals surface area contributed by atoms with Crippen molar-refractivity contribution in [3.8, 4) is 0 Å². The number of nitrogens with one attached hydrogen (secondary N) is 2. The molecule has 1 atom stereocenters. The van der Waals surface area contributed by atoms with Crippen LogP contribution in [-0.2, 0) is 17.7 Å². The Balaban J connectivity index is 1.55. The molecule has 1 saturated carbocycles. The maximum Gasteiger partial charge on any atom is 0.318 e. The number of aromatic amines is 1. The van der Waals surface area contributed by atoms with Gasteiger partial charge >= 0.3 is 6.03 Å². The van der Waals surface area contributed by atoms with E-state index in [1.165, 1.54) is 24.8 Å². The van der Waals surface area contributed by atoms with Crippen molar-refractivity contribution in [1.82, 2.24) is 15.2 Å². The second-order valence-corrected chi connectivity index (χ2v) is 8.70. The van der Waals surface area contributed by atoms with Crippen LogP contribution in [0.3, 0.4) is 0 Å². The van der Waals surface area contributed by atoms with Crippen LogP contribution in [0.1, 0.15) is 63.0 Å². The average Bonchev–Trinajstić information content (AvgIpc) is 3.27. The van der Waals surface area contributed by atoms with Crippen molar-refractivity contribution >= 4 is 16.9 Å². The Morgan fingerprint density at radius 2 is 2.00 bits per heavy atom. The van der Waals surface area contributed by atoms with Crippen LogP contribution in [0.25, 0.3) is 10.9 Å². The lowest BCUT2D eigenvalue weighted by atomic mass is 9.96. The van der Waals surface area contributed by atoms with Gasteiger partial charge in [0.15, 0.2) is 0 Å². The van der Waals surface area contributed by atoms with Gasteiger partial charge in [0, 0.05) is 30.3 Å². The second-order valence-electron chi connectivity index (χ2n) is 8.70. The summed E-state index contributed by atoms with van der Waals surface area (Å²) in [5.74, 6) is 0. The van der Waals surface area contributed by atoms with Gasteiger partial charge in [-0.05, 0) is 61.3 Å². The molecule has 30 heavy (non-hydrogen) atoms. The third-order valence-corrected chi connectivity index (χ3v) is 6.42. The minimum Gasteiger partial charge on any atom is -0.376 e. The molecule has 2 N–H and O–H groups in total. The first kappa shape index (κ1) is 20.9. The zero-order valence-electron chi connectivity index (χ0n) is 17.9. The molecule has 162 valence electrons. The Morgan fingerprint density at radius 3 is 2.73 bits per heavy atom. The Bertz CT molecular complexity index is 927. The Labute approximate surface area is 178 Å². The minimum atomic E-state index is -0.130. The maximum absolute atomic E-state index is 13.1. The topological polar surface area (TPSA) is 74.4 Å². The lowest BCUT2D eigenvalue weighted by Gasteiger charge is -2.29. The molecule has 1 aromatic carbocycles. The number of hydrogen-bond acceptors (Lipinski definition) is 3. The Kier molecular flexibility index (Phi) is 6.72. The van der Waals surface area contributed by atoms with Gasteiger partial charge in [-0.2, -0.15) is 0 Å². The highest BCUT2D eigenvalue weighted by Gasteiger charge is 2.25. The van der Waals surface area contributed by atoms with E-state index >= 15 is 0 Å². The van der Waals surface area contributed by atoms with Crippen molar-refractivity contribution in [3.05, 3.63) is 45.7 Å². The van der Waals surface area contributed by atoms with E-state index < -0.39 is 0 Å². The van der Waals surface area contributed by atoms with Crippen molar-refractivity contribution in [2.24, 2.45) is 0 Å². The molecule has 1 unspecified atom stereocenters. The minimum absolute atomic E-state index is 0.0494. The SMILES string of the molecule is CCc1ccc2[nH]c(=O)c(CN(CC3CCCO3)C(=O)NC3CCCCC3)cc2c1. The number of aryl methyl sites for hydroxylation is 1. The molecule has 1 saturated heterocycles. The summed E-state index contributed by atoms with van der Waals surface area (Å²) in [5.41, 5.74) is 2.55. The Morgan fingerprint density at radius 1 is 1.17 bits per heavy atom.